The van der Waals surface area contributed by atoms with E-state index in [0.29, 0.717) is 24.5 Å². The van der Waals surface area contributed by atoms with Crippen LogP contribution >= 0.6 is 0 Å². The highest BCUT2D eigenvalue weighted by molar-refractivity contribution is 5.99. The predicted octanol–water partition coefficient (Wildman–Crippen LogP) is 3.21. The van der Waals surface area contributed by atoms with E-state index in [0.717, 1.165) is 22.2 Å². The van der Waals surface area contributed by atoms with E-state index < -0.39 is 0 Å². The summed E-state index contributed by atoms with van der Waals surface area (Å²) in [5.41, 5.74) is 3.33. The maximum absolute atomic E-state index is 12.5. The molecule has 2 aromatic heterocycles. The van der Waals surface area contributed by atoms with E-state index in [9.17, 15) is 4.79 Å². The molecule has 0 saturated carbocycles. The van der Waals surface area contributed by atoms with Crippen molar-refractivity contribution in [2.45, 2.75) is 20.1 Å². The van der Waals surface area contributed by atoms with Gasteiger partial charge in [0.25, 0.3) is 5.91 Å². The Labute approximate surface area is 134 Å². The fourth-order valence-electron chi connectivity index (χ4n) is 2.44. The van der Waals surface area contributed by atoms with Crippen LogP contribution in [0.2, 0.25) is 0 Å². The Balaban J connectivity index is 1.82. The molecule has 0 spiro atoms. The van der Waals surface area contributed by atoms with Crippen molar-refractivity contribution in [3.8, 4) is 0 Å². The maximum atomic E-state index is 12.5. The van der Waals surface area contributed by atoms with Crippen LogP contribution in [0.1, 0.15) is 27.4 Å². The Morgan fingerprint density at radius 2 is 2.09 bits per heavy atom. The van der Waals surface area contributed by atoms with Gasteiger partial charge >= 0.3 is 0 Å². The molecule has 0 atom stereocenters. The number of nitrogens with zero attached hydrogens (tertiary/aromatic N) is 1. The molecule has 1 aromatic carbocycles. The number of nitrogens with one attached hydrogen (secondary N) is 1. The van der Waals surface area contributed by atoms with Crippen LogP contribution < -0.4 is 5.32 Å². The number of para-hydroxylation sites is 1. The van der Waals surface area contributed by atoms with Crippen LogP contribution in [0.3, 0.4) is 0 Å². The first-order valence-corrected chi connectivity index (χ1v) is 7.38. The summed E-state index contributed by atoms with van der Waals surface area (Å²) >= 11 is 0. The molecule has 0 saturated heterocycles. The second-order valence-electron chi connectivity index (χ2n) is 5.33. The molecule has 3 aromatic rings. The van der Waals surface area contributed by atoms with Crippen molar-refractivity contribution in [1.29, 1.82) is 0 Å². The quantitative estimate of drug-likeness (QED) is 0.786. The summed E-state index contributed by atoms with van der Waals surface area (Å²) in [4.78, 5) is 16.7. The second kappa shape index (κ2) is 6.62. The molecule has 1 N–H and O–H groups in total. The Morgan fingerprint density at radius 1 is 1.26 bits per heavy atom. The van der Waals surface area contributed by atoms with Crippen LogP contribution in [0.5, 0.6) is 0 Å². The van der Waals surface area contributed by atoms with E-state index in [-0.39, 0.29) is 5.91 Å². The number of hydrogen-bond donors (Lipinski definition) is 1. The van der Waals surface area contributed by atoms with Crippen molar-refractivity contribution in [2.24, 2.45) is 0 Å². The van der Waals surface area contributed by atoms with Crippen LogP contribution in [-0.4, -0.2) is 18.0 Å². The van der Waals surface area contributed by atoms with E-state index in [1.54, 1.807) is 13.3 Å². The lowest BCUT2D eigenvalue weighted by molar-refractivity contribution is 0.0918. The van der Waals surface area contributed by atoms with Crippen molar-refractivity contribution >= 4 is 16.9 Å². The van der Waals surface area contributed by atoms with Gasteiger partial charge in [0.2, 0.25) is 0 Å². The van der Waals surface area contributed by atoms with Gasteiger partial charge in [-0.25, -0.2) is 0 Å². The summed E-state index contributed by atoms with van der Waals surface area (Å²) in [5, 5.41) is 3.77. The van der Waals surface area contributed by atoms with Crippen LogP contribution in [0, 0.1) is 6.92 Å². The van der Waals surface area contributed by atoms with Gasteiger partial charge in [-0.1, -0.05) is 24.3 Å². The minimum absolute atomic E-state index is 0.256. The number of methoxy groups -OCH3 is 1. The van der Waals surface area contributed by atoms with Crippen LogP contribution in [0.25, 0.3) is 11.0 Å². The number of amides is 1. The monoisotopic (exact) mass is 310 g/mol. The third kappa shape index (κ3) is 3.24. The molecule has 23 heavy (non-hydrogen) atoms. The number of ether oxygens (including phenoxy) is 1. The first-order valence-electron chi connectivity index (χ1n) is 7.38. The van der Waals surface area contributed by atoms with Crippen molar-refractivity contribution in [3.63, 3.8) is 0 Å². The van der Waals surface area contributed by atoms with Crippen LogP contribution in [-0.2, 0) is 17.9 Å². The number of aryl methyl sites for hydroxylation is 1. The Kier molecular flexibility index (Phi) is 4.39. The minimum Gasteiger partial charge on any atom is -0.451 e. The zero-order chi connectivity index (χ0) is 16.2. The normalized spacial score (nSPS) is 10.9. The number of aromatic nitrogens is 1. The maximum Gasteiger partial charge on any atom is 0.287 e. The standard InChI is InChI=1S/C18H18N2O3/c1-12-7-8-13(9-19-12)10-20-18(21)17-15(11-22-2)14-5-3-4-6-16(14)23-17/h3-9H,10-11H2,1-2H3,(H,20,21). The van der Waals surface area contributed by atoms with Crippen LogP contribution in [0.4, 0.5) is 0 Å². The molecule has 3 rings (SSSR count). The number of benzene rings is 1. The average molecular weight is 310 g/mol. The minimum atomic E-state index is -0.256. The van der Waals surface area contributed by atoms with E-state index in [2.05, 4.69) is 10.3 Å². The lowest BCUT2D eigenvalue weighted by Crippen LogP contribution is -2.23. The van der Waals surface area contributed by atoms with E-state index in [1.807, 2.05) is 43.3 Å². The number of hydrogen-bond acceptors (Lipinski definition) is 4. The summed E-state index contributed by atoms with van der Waals surface area (Å²) < 4.78 is 10.9. The van der Waals surface area contributed by atoms with Gasteiger partial charge in [0, 0.05) is 36.5 Å². The molecule has 118 valence electrons. The van der Waals surface area contributed by atoms with Crippen molar-refractivity contribution in [2.75, 3.05) is 7.11 Å². The largest absolute Gasteiger partial charge is 0.451 e. The third-order valence-corrected chi connectivity index (χ3v) is 3.62. The molecule has 2 heterocycles. The molecule has 0 unspecified atom stereocenters. The highest BCUT2D eigenvalue weighted by Gasteiger charge is 2.20. The number of pyridine rings is 1. The Bertz CT molecular complexity index is 822. The second-order valence-corrected chi connectivity index (χ2v) is 5.33. The van der Waals surface area contributed by atoms with Gasteiger partial charge in [0.15, 0.2) is 5.76 Å². The van der Waals surface area contributed by atoms with E-state index in [4.69, 9.17) is 9.15 Å². The lowest BCUT2D eigenvalue weighted by Gasteiger charge is -2.05. The number of carbonyl (C=O) groups excluding carboxylic acids is 1. The Hall–Kier alpha value is -2.66. The molecule has 0 aliphatic carbocycles. The lowest BCUT2D eigenvalue weighted by atomic mass is 10.1. The number of carbonyl (C=O) groups is 1. The van der Waals surface area contributed by atoms with Gasteiger partial charge in [-0.2, -0.15) is 0 Å². The first kappa shape index (κ1) is 15.2. The molecule has 0 aliphatic rings. The molecule has 5 heteroatoms. The van der Waals surface area contributed by atoms with Gasteiger partial charge in [-0.3, -0.25) is 9.78 Å². The fraction of sp³-hybridized carbons (Fsp3) is 0.222. The summed E-state index contributed by atoms with van der Waals surface area (Å²) in [6, 6.07) is 11.4. The van der Waals surface area contributed by atoms with Gasteiger partial charge < -0.3 is 14.5 Å². The fourth-order valence-corrected chi connectivity index (χ4v) is 2.44. The molecule has 5 nitrogen and oxygen atoms in total. The molecule has 0 bridgehead atoms. The molecule has 0 radical (unpaired) electrons. The summed E-state index contributed by atoms with van der Waals surface area (Å²) in [7, 11) is 1.60. The highest BCUT2D eigenvalue weighted by Crippen LogP contribution is 2.26. The molecule has 0 fully saturated rings. The molecule has 1 amide bonds. The summed E-state index contributed by atoms with van der Waals surface area (Å²) in [5.74, 6) is 0.0435. The Morgan fingerprint density at radius 3 is 2.83 bits per heavy atom. The van der Waals surface area contributed by atoms with Crippen molar-refractivity contribution < 1.29 is 13.9 Å². The molecular formula is C18H18N2O3. The average Bonchev–Trinajstić information content (AvgIpc) is 2.93. The van der Waals surface area contributed by atoms with Gasteiger partial charge in [-0.15, -0.1) is 0 Å². The van der Waals surface area contributed by atoms with Crippen molar-refractivity contribution in [1.82, 2.24) is 10.3 Å². The van der Waals surface area contributed by atoms with Gasteiger partial charge in [-0.05, 0) is 24.6 Å². The predicted molar refractivity (Wildman–Crippen MR) is 87.1 cm³/mol. The first-order chi connectivity index (χ1) is 11.2. The number of furan rings is 1. The SMILES string of the molecule is COCc1c(C(=O)NCc2ccc(C)nc2)oc2ccccc12. The zero-order valence-electron chi connectivity index (χ0n) is 13.1. The molecular weight excluding hydrogens is 292 g/mol. The van der Waals surface area contributed by atoms with Crippen molar-refractivity contribution in [3.05, 3.63) is 65.2 Å². The van der Waals surface area contributed by atoms with E-state index in [1.165, 1.54) is 0 Å². The van der Waals surface area contributed by atoms with Gasteiger partial charge in [0.05, 0.1) is 6.61 Å². The summed E-state index contributed by atoms with van der Waals surface area (Å²) in [6.07, 6.45) is 1.75. The third-order valence-electron chi connectivity index (χ3n) is 3.62. The topological polar surface area (TPSA) is 64.4 Å². The molecule has 0 aliphatic heterocycles. The summed E-state index contributed by atoms with van der Waals surface area (Å²) in [6.45, 7) is 2.65. The highest BCUT2D eigenvalue weighted by atomic mass is 16.5. The van der Waals surface area contributed by atoms with Gasteiger partial charge in [0.1, 0.15) is 5.58 Å². The van der Waals surface area contributed by atoms with Crippen LogP contribution in [0.15, 0.2) is 47.0 Å². The number of fused-ring (bicyclic) bond motifs is 1. The number of rotatable bonds is 5. The zero-order valence-corrected chi connectivity index (χ0v) is 13.1. The smallest absolute Gasteiger partial charge is 0.287 e. The van der Waals surface area contributed by atoms with E-state index >= 15 is 0 Å².